The first-order chi connectivity index (χ1) is 10.5. The summed E-state index contributed by atoms with van der Waals surface area (Å²) in [5, 5.41) is 2.83. The van der Waals surface area contributed by atoms with Crippen LogP contribution in [0, 0.1) is 3.57 Å². The van der Waals surface area contributed by atoms with E-state index in [1.165, 1.54) is 12.1 Å². The van der Waals surface area contributed by atoms with E-state index < -0.39 is 6.61 Å². The third-order valence-corrected chi connectivity index (χ3v) is 3.76. The molecule has 1 unspecified atom stereocenters. The van der Waals surface area contributed by atoms with E-state index >= 15 is 0 Å². The molecule has 0 aliphatic rings. The number of carbonyl (C=O) groups is 1. The predicted octanol–water partition coefficient (Wildman–Crippen LogP) is 4.38. The van der Waals surface area contributed by atoms with Crippen LogP contribution < -0.4 is 10.1 Å². The second-order valence-electron chi connectivity index (χ2n) is 4.65. The second-order valence-corrected chi connectivity index (χ2v) is 5.90. The van der Waals surface area contributed by atoms with Gasteiger partial charge in [-0.2, -0.15) is 8.78 Å². The lowest BCUT2D eigenvalue weighted by molar-refractivity contribution is -0.0499. The number of amides is 1. The van der Waals surface area contributed by atoms with Crippen molar-refractivity contribution >= 4 is 28.5 Å². The molecule has 0 bridgehead atoms. The van der Waals surface area contributed by atoms with E-state index in [2.05, 4.69) is 32.6 Å². The molecule has 1 N–H and O–H groups in total. The second kappa shape index (κ2) is 7.53. The van der Waals surface area contributed by atoms with E-state index in [1.54, 1.807) is 31.2 Å². The van der Waals surface area contributed by atoms with E-state index in [1.807, 2.05) is 12.1 Å². The lowest BCUT2D eigenvalue weighted by Crippen LogP contribution is -2.26. The standard InChI is InChI=1S/C16H14F2INO2/c1-10(12-3-2-4-14(9-12)22-16(17)18)20-15(21)11-5-7-13(19)8-6-11/h2-10,16H,1H3,(H,20,21). The molecule has 22 heavy (non-hydrogen) atoms. The molecule has 0 saturated heterocycles. The minimum atomic E-state index is -2.87. The minimum absolute atomic E-state index is 0.0721. The highest BCUT2D eigenvalue weighted by molar-refractivity contribution is 14.1. The molecule has 2 aromatic carbocycles. The lowest BCUT2D eigenvalue weighted by atomic mass is 10.1. The normalized spacial score (nSPS) is 12.0. The maximum atomic E-state index is 12.2. The van der Waals surface area contributed by atoms with Gasteiger partial charge in [-0.15, -0.1) is 0 Å². The Morgan fingerprint density at radius 1 is 1.18 bits per heavy atom. The molecule has 116 valence electrons. The van der Waals surface area contributed by atoms with Crippen LogP contribution in [-0.4, -0.2) is 12.5 Å². The van der Waals surface area contributed by atoms with Gasteiger partial charge in [0.2, 0.25) is 0 Å². The van der Waals surface area contributed by atoms with Gasteiger partial charge in [-0.25, -0.2) is 0 Å². The highest BCUT2D eigenvalue weighted by atomic mass is 127. The highest BCUT2D eigenvalue weighted by Crippen LogP contribution is 2.21. The summed E-state index contributed by atoms with van der Waals surface area (Å²) in [5.41, 5.74) is 1.24. The number of carbonyl (C=O) groups excluding carboxylic acids is 1. The number of nitrogens with one attached hydrogen (secondary N) is 1. The number of hydrogen-bond donors (Lipinski definition) is 1. The molecule has 2 rings (SSSR count). The van der Waals surface area contributed by atoms with Crippen LogP contribution in [0.2, 0.25) is 0 Å². The fraction of sp³-hybridized carbons (Fsp3) is 0.188. The van der Waals surface area contributed by atoms with E-state index in [4.69, 9.17) is 0 Å². The zero-order chi connectivity index (χ0) is 16.1. The molecular weight excluding hydrogens is 403 g/mol. The molecule has 0 aliphatic heterocycles. The Morgan fingerprint density at radius 3 is 2.50 bits per heavy atom. The van der Waals surface area contributed by atoms with Crippen molar-refractivity contribution in [3.63, 3.8) is 0 Å². The van der Waals surface area contributed by atoms with Crippen molar-refractivity contribution in [3.05, 3.63) is 63.2 Å². The molecule has 3 nitrogen and oxygen atoms in total. The van der Waals surface area contributed by atoms with Gasteiger partial charge in [0.05, 0.1) is 6.04 Å². The molecule has 2 aromatic rings. The van der Waals surface area contributed by atoms with Crippen molar-refractivity contribution in [3.8, 4) is 5.75 Å². The van der Waals surface area contributed by atoms with Gasteiger partial charge in [0.1, 0.15) is 5.75 Å². The Bertz CT molecular complexity index is 647. The molecule has 0 saturated carbocycles. The number of hydrogen-bond acceptors (Lipinski definition) is 2. The summed E-state index contributed by atoms with van der Waals surface area (Å²) in [4.78, 5) is 12.1. The number of rotatable bonds is 5. The molecule has 6 heteroatoms. The van der Waals surface area contributed by atoms with Gasteiger partial charge >= 0.3 is 6.61 Å². The summed E-state index contributed by atoms with van der Waals surface area (Å²) in [6.45, 7) is -1.08. The highest BCUT2D eigenvalue weighted by Gasteiger charge is 2.13. The molecule has 0 aliphatic carbocycles. The van der Waals surface area contributed by atoms with Gasteiger partial charge in [-0.3, -0.25) is 4.79 Å². The van der Waals surface area contributed by atoms with Gasteiger partial charge in [0, 0.05) is 9.13 Å². The summed E-state index contributed by atoms with van der Waals surface area (Å²) in [6, 6.07) is 13.1. The number of alkyl halides is 2. The van der Waals surface area contributed by atoms with Crippen molar-refractivity contribution < 1.29 is 18.3 Å². The van der Waals surface area contributed by atoms with Crippen molar-refractivity contribution in [1.82, 2.24) is 5.32 Å². The quantitative estimate of drug-likeness (QED) is 0.734. The Hall–Kier alpha value is -1.70. The summed E-state index contributed by atoms with van der Waals surface area (Å²) in [5.74, 6) is -0.146. The fourth-order valence-corrected chi connectivity index (χ4v) is 2.28. The molecule has 1 amide bonds. The molecule has 0 heterocycles. The van der Waals surface area contributed by atoms with Crippen molar-refractivity contribution in [2.75, 3.05) is 0 Å². The Balaban J connectivity index is 2.06. The molecule has 0 radical (unpaired) electrons. The maximum absolute atomic E-state index is 12.2. The molecule has 1 atom stereocenters. The first-order valence-corrected chi connectivity index (χ1v) is 7.65. The number of benzene rings is 2. The first-order valence-electron chi connectivity index (χ1n) is 6.57. The molecule has 0 aromatic heterocycles. The molecular formula is C16H14F2INO2. The summed E-state index contributed by atoms with van der Waals surface area (Å²) < 4.78 is 29.9. The van der Waals surface area contributed by atoms with Gasteiger partial charge in [0.25, 0.3) is 5.91 Å². The fourth-order valence-electron chi connectivity index (χ4n) is 1.92. The molecule has 0 spiro atoms. The van der Waals surface area contributed by atoms with Gasteiger partial charge < -0.3 is 10.1 Å². The number of ether oxygens (including phenoxy) is 1. The van der Waals surface area contributed by atoms with Crippen LogP contribution in [0.4, 0.5) is 8.78 Å². The Morgan fingerprint density at radius 2 is 1.86 bits per heavy atom. The monoisotopic (exact) mass is 417 g/mol. The van der Waals surface area contributed by atoms with Crippen molar-refractivity contribution in [2.24, 2.45) is 0 Å². The number of halogens is 3. The predicted molar refractivity (Wildman–Crippen MR) is 88.1 cm³/mol. The third kappa shape index (κ3) is 4.66. The minimum Gasteiger partial charge on any atom is -0.435 e. The zero-order valence-electron chi connectivity index (χ0n) is 11.7. The van der Waals surface area contributed by atoms with E-state index in [-0.39, 0.29) is 17.7 Å². The average molecular weight is 417 g/mol. The third-order valence-electron chi connectivity index (χ3n) is 3.04. The summed E-state index contributed by atoms with van der Waals surface area (Å²) >= 11 is 2.16. The zero-order valence-corrected chi connectivity index (χ0v) is 13.9. The van der Waals surface area contributed by atoms with Crippen LogP contribution >= 0.6 is 22.6 Å². The van der Waals surface area contributed by atoms with Gasteiger partial charge in [-0.1, -0.05) is 12.1 Å². The van der Waals surface area contributed by atoms with Gasteiger partial charge in [0.15, 0.2) is 0 Å². The topological polar surface area (TPSA) is 38.3 Å². The van der Waals surface area contributed by atoms with Crippen LogP contribution in [-0.2, 0) is 0 Å². The van der Waals surface area contributed by atoms with Crippen LogP contribution in [0.1, 0.15) is 28.9 Å². The van der Waals surface area contributed by atoms with Crippen LogP contribution in [0.5, 0.6) is 5.75 Å². The maximum Gasteiger partial charge on any atom is 0.387 e. The Kier molecular flexibility index (Phi) is 5.70. The van der Waals surface area contributed by atoms with E-state index in [0.717, 1.165) is 3.57 Å². The van der Waals surface area contributed by atoms with Crippen LogP contribution in [0.3, 0.4) is 0 Å². The largest absolute Gasteiger partial charge is 0.435 e. The average Bonchev–Trinajstić information content (AvgIpc) is 2.47. The van der Waals surface area contributed by atoms with Crippen LogP contribution in [0.25, 0.3) is 0 Å². The van der Waals surface area contributed by atoms with Gasteiger partial charge in [-0.05, 0) is 71.5 Å². The smallest absolute Gasteiger partial charge is 0.387 e. The van der Waals surface area contributed by atoms with Crippen molar-refractivity contribution in [2.45, 2.75) is 19.6 Å². The van der Waals surface area contributed by atoms with Crippen molar-refractivity contribution in [1.29, 1.82) is 0 Å². The van der Waals surface area contributed by atoms with E-state index in [9.17, 15) is 13.6 Å². The Labute approximate surface area is 140 Å². The SMILES string of the molecule is CC(NC(=O)c1ccc(I)cc1)c1cccc(OC(F)F)c1. The van der Waals surface area contributed by atoms with Crippen LogP contribution in [0.15, 0.2) is 48.5 Å². The summed E-state index contributed by atoms with van der Waals surface area (Å²) in [6.07, 6.45) is 0. The summed E-state index contributed by atoms with van der Waals surface area (Å²) in [7, 11) is 0. The first kappa shape index (κ1) is 16.7. The molecule has 0 fully saturated rings. The van der Waals surface area contributed by atoms with E-state index in [0.29, 0.717) is 11.1 Å². The lowest BCUT2D eigenvalue weighted by Gasteiger charge is -2.15.